The summed E-state index contributed by atoms with van der Waals surface area (Å²) in [4.78, 5) is 20.1. The van der Waals surface area contributed by atoms with E-state index in [0.29, 0.717) is 36.1 Å². The number of aromatic nitrogens is 3. The number of hydrogen-bond acceptors (Lipinski definition) is 6. The molecule has 22 heavy (non-hydrogen) atoms. The lowest BCUT2D eigenvalue weighted by Gasteiger charge is -1.99. The molecule has 3 aromatic rings. The molecule has 0 bridgehead atoms. The molecule has 1 aromatic carbocycles. The molecule has 1 amide bonds. The van der Waals surface area contributed by atoms with Crippen molar-refractivity contribution >= 4 is 22.4 Å². The average molecular weight is 314 g/mol. The van der Waals surface area contributed by atoms with E-state index in [9.17, 15) is 4.79 Å². The van der Waals surface area contributed by atoms with Crippen LogP contribution in [0.25, 0.3) is 11.4 Å². The van der Waals surface area contributed by atoms with Gasteiger partial charge in [0.2, 0.25) is 17.6 Å². The van der Waals surface area contributed by atoms with Gasteiger partial charge in [0.05, 0.1) is 0 Å². The first-order chi connectivity index (χ1) is 10.8. The van der Waals surface area contributed by atoms with Crippen LogP contribution in [-0.2, 0) is 11.2 Å². The van der Waals surface area contributed by atoms with Crippen molar-refractivity contribution in [2.45, 2.75) is 19.3 Å². The topological polar surface area (TPSA) is 80.9 Å². The van der Waals surface area contributed by atoms with Crippen molar-refractivity contribution in [1.29, 1.82) is 0 Å². The molecule has 7 heteroatoms. The van der Waals surface area contributed by atoms with Gasteiger partial charge in [-0.1, -0.05) is 35.5 Å². The Balaban J connectivity index is 1.48. The molecule has 0 radical (unpaired) electrons. The molecular weight excluding hydrogens is 300 g/mol. The monoisotopic (exact) mass is 314 g/mol. The van der Waals surface area contributed by atoms with Crippen LogP contribution in [0.15, 0.2) is 46.4 Å². The van der Waals surface area contributed by atoms with Crippen molar-refractivity contribution in [3.8, 4) is 11.4 Å². The number of aryl methyl sites for hydroxylation is 1. The summed E-state index contributed by atoms with van der Waals surface area (Å²) >= 11 is 1.40. The number of amides is 1. The Hall–Kier alpha value is -2.54. The Morgan fingerprint density at radius 1 is 1.27 bits per heavy atom. The molecule has 0 saturated carbocycles. The minimum absolute atomic E-state index is 0.0576. The van der Waals surface area contributed by atoms with E-state index in [1.165, 1.54) is 11.3 Å². The van der Waals surface area contributed by atoms with Gasteiger partial charge in [-0.25, -0.2) is 4.98 Å². The number of carbonyl (C=O) groups is 1. The van der Waals surface area contributed by atoms with Gasteiger partial charge in [0.15, 0.2) is 5.13 Å². The number of nitrogens with zero attached hydrogens (tertiary/aromatic N) is 3. The Morgan fingerprint density at radius 2 is 2.14 bits per heavy atom. The molecule has 0 spiro atoms. The molecule has 0 aliphatic rings. The van der Waals surface area contributed by atoms with Gasteiger partial charge in [0.25, 0.3) is 0 Å². The van der Waals surface area contributed by atoms with Crippen LogP contribution >= 0.6 is 11.3 Å². The Kier molecular flexibility index (Phi) is 4.55. The maximum Gasteiger partial charge on any atom is 0.226 e. The summed E-state index contributed by atoms with van der Waals surface area (Å²) in [5, 5.41) is 9.13. The Bertz CT molecular complexity index is 725. The molecule has 0 aliphatic heterocycles. The zero-order valence-electron chi connectivity index (χ0n) is 11.7. The fourth-order valence-corrected chi connectivity index (χ4v) is 2.47. The molecular formula is C15H14N4O2S. The van der Waals surface area contributed by atoms with Crippen LogP contribution in [0, 0.1) is 0 Å². The summed E-state index contributed by atoms with van der Waals surface area (Å²) in [5.41, 5.74) is 0.916. The molecule has 2 heterocycles. The van der Waals surface area contributed by atoms with Crippen molar-refractivity contribution in [3.05, 3.63) is 47.8 Å². The minimum atomic E-state index is -0.0576. The van der Waals surface area contributed by atoms with Gasteiger partial charge in [-0.05, 0) is 6.42 Å². The number of thiazole rings is 1. The van der Waals surface area contributed by atoms with E-state index in [0.717, 1.165) is 5.56 Å². The largest absolute Gasteiger partial charge is 0.339 e. The lowest BCUT2D eigenvalue weighted by molar-refractivity contribution is -0.116. The lowest BCUT2D eigenvalue weighted by Crippen LogP contribution is -2.11. The molecule has 1 N–H and O–H groups in total. The highest BCUT2D eigenvalue weighted by molar-refractivity contribution is 7.13. The second-order valence-electron chi connectivity index (χ2n) is 4.62. The third-order valence-corrected chi connectivity index (χ3v) is 3.66. The van der Waals surface area contributed by atoms with Gasteiger partial charge < -0.3 is 9.84 Å². The maximum absolute atomic E-state index is 11.7. The summed E-state index contributed by atoms with van der Waals surface area (Å²) < 4.78 is 5.20. The summed E-state index contributed by atoms with van der Waals surface area (Å²) in [7, 11) is 0. The lowest BCUT2D eigenvalue weighted by atomic mass is 10.2. The molecule has 0 atom stereocenters. The fourth-order valence-electron chi connectivity index (χ4n) is 1.93. The number of benzene rings is 1. The van der Waals surface area contributed by atoms with Crippen LogP contribution in [-0.4, -0.2) is 21.0 Å². The molecule has 0 unspecified atom stereocenters. The third-order valence-electron chi connectivity index (χ3n) is 2.97. The van der Waals surface area contributed by atoms with Gasteiger partial charge in [-0.2, -0.15) is 4.98 Å². The zero-order chi connectivity index (χ0) is 15.2. The predicted octanol–water partition coefficient (Wildman–Crippen LogP) is 3.15. The predicted molar refractivity (Wildman–Crippen MR) is 83.4 cm³/mol. The van der Waals surface area contributed by atoms with E-state index in [1.807, 2.05) is 35.7 Å². The van der Waals surface area contributed by atoms with Crippen molar-refractivity contribution in [3.63, 3.8) is 0 Å². The molecule has 2 aromatic heterocycles. The molecule has 0 aliphatic carbocycles. The number of hydrogen-bond donors (Lipinski definition) is 1. The summed E-state index contributed by atoms with van der Waals surface area (Å²) in [6.07, 6.45) is 3.27. The zero-order valence-corrected chi connectivity index (χ0v) is 12.5. The van der Waals surface area contributed by atoms with Gasteiger partial charge in [-0.15, -0.1) is 11.3 Å². The van der Waals surface area contributed by atoms with E-state index in [1.54, 1.807) is 6.20 Å². The highest BCUT2D eigenvalue weighted by atomic mass is 32.1. The minimum Gasteiger partial charge on any atom is -0.339 e. The van der Waals surface area contributed by atoms with Crippen molar-refractivity contribution < 1.29 is 9.32 Å². The second kappa shape index (κ2) is 6.95. The van der Waals surface area contributed by atoms with Crippen LogP contribution < -0.4 is 5.32 Å². The van der Waals surface area contributed by atoms with E-state index in [2.05, 4.69) is 20.4 Å². The summed E-state index contributed by atoms with van der Waals surface area (Å²) in [5.74, 6) is 1.06. The highest BCUT2D eigenvalue weighted by Gasteiger charge is 2.09. The van der Waals surface area contributed by atoms with E-state index in [4.69, 9.17) is 4.52 Å². The number of anilines is 1. The first-order valence-corrected chi connectivity index (χ1v) is 7.76. The normalized spacial score (nSPS) is 10.5. The standard InChI is InChI=1S/C15H14N4O2S/c20-12(17-15-16-9-10-22-15)7-4-8-13-18-14(19-21-13)11-5-2-1-3-6-11/h1-3,5-6,9-10H,4,7-8H2,(H,16,17,20). The van der Waals surface area contributed by atoms with Crippen molar-refractivity contribution in [1.82, 2.24) is 15.1 Å². The molecule has 6 nitrogen and oxygen atoms in total. The average Bonchev–Trinajstić information content (AvgIpc) is 3.20. The SMILES string of the molecule is O=C(CCCc1nc(-c2ccccc2)no1)Nc1nccs1. The first kappa shape index (κ1) is 14.4. The van der Waals surface area contributed by atoms with E-state index < -0.39 is 0 Å². The van der Waals surface area contributed by atoms with Crippen LogP contribution in [0.3, 0.4) is 0 Å². The van der Waals surface area contributed by atoms with Gasteiger partial charge >= 0.3 is 0 Å². The molecule has 3 rings (SSSR count). The second-order valence-corrected chi connectivity index (χ2v) is 5.51. The molecule has 0 fully saturated rings. The summed E-state index contributed by atoms with van der Waals surface area (Å²) in [6.45, 7) is 0. The van der Waals surface area contributed by atoms with Crippen molar-refractivity contribution in [2.75, 3.05) is 5.32 Å². The molecule has 112 valence electrons. The van der Waals surface area contributed by atoms with E-state index in [-0.39, 0.29) is 5.91 Å². The van der Waals surface area contributed by atoms with Gasteiger partial charge in [0, 0.05) is 30.0 Å². The third kappa shape index (κ3) is 3.76. The fraction of sp³-hybridized carbons (Fsp3) is 0.200. The number of carbonyl (C=O) groups excluding carboxylic acids is 1. The molecule has 0 saturated heterocycles. The van der Waals surface area contributed by atoms with E-state index >= 15 is 0 Å². The quantitative estimate of drug-likeness (QED) is 0.756. The first-order valence-electron chi connectivity index (χ1n) is 6.88. The Morgan fingerprint density at radius 3 is 2.91 bits per heavy atom. The summed E-state index contributed by atoms with van der Waals surface area (Å²) in [6, 6.07) is 9.64. The Labute approximate surface area is 131 Å². The number of nitrogens with one attached hydrogen (secondary N) is 1. The highest BCUT2D eigenvalue weighted by Crippen LogP contribution is 2.16. The van der Waals surface area contributed by atoms with Crippen LogP contribution in [0.2, 0.25) is 0 Å². The van der Waals surface area contributed by atoms with Crippen LogP contribution in [0.4, 0.5) is 5.13 Å². The number of rotatable bonds is 6. The van der Waals surface area contributed by atoms with Crippen molar-refractivity contribution in [2.24, 2.45) is 0 Å². The van der Waals surface area contributed by atoms with Gasteiger partial charge in [0.1, 0.15) is 0 Å². The van der Waals surface area contributed by atoms with Gasteiger partial charge in [-0.3, -0.25) is 4.79 Å². The van der Waals surface area contributed by atoms with Crippen LogP contribution in [0.1, 0.15) is 18.7 Å². The smallest absolute Gasteiger partial charge is 0.226 e. The van der Waals surface area contributed by atoms with Crippen LogP contribution in [0.5, 0.6) is 0 Å². The maximum atomic E-state index is 11.7.